The van der Waals surface area contributed by atoms with E-state index in [0.717, 1.165) is 11.3 Å². The third kappa shape index (κ3) is 2.60. The second kappa shape index (κ2) is 4.67. The lowest BCUT2D eigenvalue weighted by Crippen LogP contribution is -2.16. The molecule has 1 unspecified atom stereocenters. The van der Waals surface area contributed by atoms with Gasteiger partial charge in [0.2, 0.25) is 0 Å². The summed E-state index contributed by atoms with van der Waals surface area (Å²) in [7, 11) is 0. The minimum atomic E-state index is -0.180. The zero-order valence-electron chi connectivity index (χ0n) is 7.73. The van der Waals surface area contributed by atoms with Crippen molar-refractivity contribution >= 4 is 6.08 Å². The number of aliphatic hydroxyl groups is 1. The summed E-state index contributed by atoms with van der Waals surface area (Å²) in [6.07, 6.45) is 1.56. The van der Waals surface area contributed by atoms with E-state index in [9.17, 15) is 0 Å². The van der Waals surface area contributed by atoms with Gasteiger partial charge in [-0.2, -0.15) is 0 Å². The first-order valence-electron chi connectivity index (χ1n) is 4.27. The summed E-state index contributed by atoms with van der Waals surface area (Å²) in [5.41, 5.74) is 0.947. The Bertz CT molecular complexity index is 281. The molecule has 0 aromatic heterocycles. The van der Waals surface area contributed by atoms with Crippen molar-refractivity contribution < 1.29 is 9.84 Å². The fourth-order valence-electron chi connectivity index (χ4n) is 1.01. The van der Waals surface area contributed by atoms with Crippen LogP contribution in [0.4, 0.5) is 0 Å². The molecule has 0 saturated heterocycles. The first kappa shape index (κ1) is 9.81. The van der Waals surface area contributed by atoms with Crippen molar-refractivity contribution in [2.45, 2.75) is 13.0 Å². The molecule has 1 rings (SSSR count). The SMILES string of the molecule is C=Cc1ccccc1OC(C)CO. The second-order valence-electron chi connectivity index (χ2n) is 2.85. The van der Waals surface area contributed by atoms with Crippen LogP contribution in [0, 0.1) is 0 Å². The topological polar surface area (TPSA) is 29.5 Å². The van der Waals surface area contributed by atoms with Gasteiger partial charge >= 0.3 is 0 Å². The van der Waals surface area contributed by atoms with Crippen molar-refractivity contribution in [3.63, 3.8) is 0 Å². The summed E-state index contributed by atoms with van der Waals surface area (Å²) in [6, 6.07) is 7.61. The molecule has 13 heavy (non-hydrogen) atoms. The maximum atomic E-state index is 8.81. The predicted octanol–water partition coefficient (Wildman–Crippen LogP) is 2.09. The van der Waals surface area contributed by atoms with Gasteiger partial charge < -0.3 is 9.84 Å². The lowest BCUT2D eigenvalue weighted by atomic mass is 10.2. The molecule has 0 saturated carbocycles. The van der Waals surface area contributed by atoms with Gasteiger partial charge in [-0.05, 0) is 13.0 Å². The number of hydrogen-bond donors (Lipinski definition) is 1. The summed E-state index contributed by atoms with van der Waals surface area (Å²) < 4.78 is 5.46. The smallest absolute Gasteiger partial charge is 0.127 e. The van der Waals surface area contributed by atoms with Crippen molar-refractivity contribution in [2.24, 2.45) is 0 Å². The van der Waals surface area contributed by atoms with Crippen molar-refractivity contribution in [3.05, 3.63) is 36.4 Å². The molecule has 0 bridgehead atoms. The lowest BCUT2D eigenvalue weighted by Gasteiger charge is -2.13. The Morgan fingerprint density at radius 2 is 2.23 bits per heavy atom. The average Bonchev–Trinajstić information content (AvgIpc) is 2.18. The summed E-state index contributed by atoms with van der Waals surface area (Å²) in [4.78, 5) is 0. The zero-order chi connectivity index (χ0) is 9.68. The lowest BCUT2D eigenvalue weighted by molar-refractivity contribution is 0.129. The van der Waals surface area contributed by atoms with E-state index in [4.69, 9.17) is 9.84 Å². The van der Waals surface area contributed by atoms with Gasteiger partial charge in [0, 0.05) is 5.56 Å². The summed E-state index contributed by atoms with van der Waals surface area (Å²) in [6.45, 7) is 5.52. The molecule has 1 aromatic carbocycles. The molecule has 0 spiro atoms. The number of rotatable bonds is 4. The molecule has 0 aliphatic carbocycles. The highest BCUT2D eigenvalue weighted by Gasteiger charge is 2.03. The normalized spacial score (nSPS) is 12.2. The van der Waals surface area contributed by atoms with Gasteiger partial charge in [-0.1, -0.05) is 30.9 Å². The minimum Gasteiger partial charge on any atom is -0.488 e. The molecule has 0 heterocycles. The van der Waals surface area contributed by atoms with Crippen LogP contribution in [0.3, 0.4) is 0 Å². The minimum absolute atomic E-state index is 0.0193. The van der Waals surface area contributed by atoms with Crippen molar-refractivity contribution in [1.29, 1.82) is 0 Å². The number of benzene rings is 1. The van der Waals surface area contributed by atoms with Crippen molar-refractivity contribution in [3.8, 4) is 5.75 Å². The molecule has 70 valence electrons. The number of ether oxygens (including phenoxy) is 1. The van der Waals surface area contributed by atoms with Gasteiger partial charge in [0.15, 0.2) is 0 Å². The molecule has 1 N–H and O–H groups in total. The average molecular weight is 178 g/mol. The van der Waals surface area contributed by atoms with E-state index in [1.54, 1.807) is 6.08 Å². The van der Waals surface area contributed by atoms with Crippen molar-refractivity contribution in [2.75, 3.05) is 6.61 Å². The molecule has 0 aliphatic rings. The van der Waals surface area contributed by atoms with E-state index in [2.05, 4.69) is 6.58 Å². The van der Waals surface area contributed by atoms with E-state index < -0.39 is 0 Å². The van der Waals surface area contributed by atoms with E-state index >= 15 is 0 Å². The van der Waals surface area contributed by atoms with Crippen LogP contribution < -0.4 is 4.74 Å². The molecule has 0 radical (unpaired) electrons. The van der Waals surface area contributed by atoms with E-state index in [-0.39, 0.29) is 12.7 Å². The van der Waals surface area contributed by atoms with Crippen LogP contribution >= 0.6 is 0 Å². The summed E-state index contributed by atoms with van der Waals surface area (Å²) >= 11 is 0. The standard InChI is InChI=1S/C11H14O2/c1-3-10-6-4-5-7-11(10)13-9(2)8-12/h3-7,9,12H,1,8H2,2H3. The number of hydrogen-bond acceptors (Lipinski definition) is 2. The monoisotopic (exact) mass is 178 g/mol. The Hall–Kier alpha value is -1.28. The molecular formula is C11H14O2. The fraction of sp³-hybridized carbons (Fsp3) is 0.273. The first-order chi connectivity index (χ1) is 6.27. The zero-order valence-corrected chi connectivity index (χ0v) is 7.73. The van der Waals surface area contributed by atoms with E-state index in [0.29, 0.717) is 0 Å². The maximum absolute atomic E-state index is 8.81. The van der Waals surface area contributed by atoms with Crippen LogP contribution in [0.1, 0.15) is 12.5 Å². The molecule has 0 amide bonds. The predicted molar refractivity (Wildman–Crippen MR) is 53.7 cm³/mol. The number of para-hydroxylation sites is 1. The third-order valence-corrected chi connectivity index (χ3v) is 1.72. The Kier molecular flexibility index (Phi) is 3.53. The van der Waals surface area contributed by atoms with Crippen molar-refractivity contribution in [1.82, 2.24) is 0 Å². The molecule has 2 nitrogen and oxygen atoms in total. The van der Waals surface area contributed by atoms with Crippen LogP contribution in [0.25, 0.3) is 6.08 Å². The van der Waals surface area contributed by atoms with Gasteiger partial charge in [0.1, 0.15) is 11.9 Å². The summed E-state index contributed by atoms with van der Waals surface area (Å²) in [5, 5.41) is 8.81. The van der Waals surface area contributed by atoms with Gasteiger partial charge in [0.05, 0.1) is 6.61 Å². The van der Waals surface area contributed by atoms with Gasteiger partial charge in [-0.15, -0.1) is 0 Å². The maximum Gasteiger partial charge on any atom is 0.127 e. The van der Waals surface area contributed by atoms with E-state index in [1.807, 2.05) is 31.2 Å². The Labute approximate surface area is 78.5 Å². The Morgan fingerprint density at radius 1 is 1.54 bits per heavy atom. The second-order valence-corrected chi connectivity index (χ2v) is 2.85. The molecule has 0 fully saturated rings. The molecule has 0 aliphatic heterocycles. The van der Waals surface area contributed by atoms with Crippen LogP contribution in [0.2, 0.25) is 0 Å². The molecule has 1 atom stereocenters. The molecular weight excluding hydrogens is 164 g/mol. The highest BCUT2D eigenvalue weighted by atomic mass is 16.5. The summed E-state index contributed by atoms with van der Waals surface area (Å²) in [5.74, 6) is 0.763. The van der Waals surface area contributed by atoms with Crippen LogP contribution in [0.15, 0.2) is 30.8 Å². The van der Waals surface area contributed by atoms with Crippen LogP contribution in [0.5, 0.6) is 5.75 Å². The Balaban J connectivity index is 2.80. The fourth-order valence-corrected chi connectivity index (χ4v) is 1.01. The largest absolute Gasteiger partial charge is 0.488 e. The molecule has 1 aromatic rings. The van der Waals surface area contributed by atoms with Gasteiger partial charge in [-0.25, -0.2) is 0 Å². The van der Waals surface area contributed by atoms with Gasteiger partial charge in [-0.3, -0.25) is 0 Å². The first-order valence-corrected chi connectivity index (χ1v) is 4.27. The van der Waals surface area contributed by atoms with Gasteiger partial charge in [0.25, 0.3) is 0 Å². The molecule has 2 heteroatoms. The quantitative estimate of drug-likeness (QED) is 0.765. The third-order valence-electron chi connectivity index (χ3n) is 1.72. The van der Waals surface area contributed by atoms with E-state index in [1.165, 1.54) is 0 Å². The van der Waals surface area contributed by atoms with Crippen LogP contribution in [-0.4, -0.2) is 17.8 Å². The highest BCUT2D eigenvalue weighted by Crippen LogP contribution is 2.19. The number of aliphatic hydroxyl groups excluding tert-OH is 1. The van der Waals surface area contributed by atoms with Crippen LogP contribution in [-0.2, 0) is 0 Å². The Morgan fingerprint density at radius 3 is 2.85 bits per heavy atom. The highest BCUT2D eigenvalue weighted by molar-refractivity contribution is 5.55.